The predicted octanol–water partition coefficient (Wildman–Crippen LogP) is 4.54. The highest BCUT2D eigenvalue weighted by atomic mass is 35.5. The van der Waals surface area contributed by atoms with Crippen molar-refractivity contribution in [3.05, 3.63) is 94.0 Å². The number of ketones is 1. The molecule has 0 aliphatic carbocycles. The van der Waals surface area contributed by atoms with Crippen LogP contribution in [0.1, 0.15) is 38.8 Å². The van der Waals surface area contributed by atoms with Gasteiger partial charge in [0.15, 0.2) is 5.78 Å². The summed E-state index contributed by atoms with van der Waals surface area (Å²) in [7, 11) is -3.36. The third kappa shape index (κ3) is 4.26. The van der Waals surface area contributed by atoms with E-state index in [9.17, 15) is 18.0 Å². The minimum absolute atomic E-state index is 0.0173. The van der Waals surface area contributed by atoms with Crippen LogP contribution in [-0.2, 0) is 16.4 Å². The van der Waals surface area contributed by atoms with Crippen LogP contribution in [0.3, 0.4) is 0 Å². The summed E-state index contributed by atoms with van der Waals surface area (Å²) in [6.07, 6.45) is 0.536. The highest BCUT2D eigenvalue weighted by Gasteiger charge is 2.28. The maximum absolute atomic E-state index is 13.0. The molecule has 0 saturated carbocycles. The number of nitrogens with zero attached hydrogens (tertiary/aromatic N) is 1. The van der Waals surface area contributed by atoms with Gasteiger partial charge in [-0.05, 0) is 55.3 Å². The fourth-order valence-electron chi connectivity index (χ4n) is 3.71. The molecule has 4 rings (SSSR count). The first-order valence-electron chi connectivity index (χ1n) is 10.1. The molecule has 3 aromatic carbocycles. The molecule has 0 aromatic heterocycles. The zero-order chi connectivity index (χ0) is 22.9. The molecule has 0 unspecified atom stereocenters. The molecule has 3 aromatic rings. The summed E-state index contributed by atoms with van der Waals surface area (Å²) in [5.41, 5.74) is 2.91. The molecule has 6 nitrogen and oxygen atoms in total. The highest BCUT2D eigenvalue weighted by Crippen LogP contribution is 2.32. The SMILES string of the molecule is CCS(=O)(=O)N1CCc2cc(C(=O)Nc3ccc(Cl)cc3C(=O)c3ccccc3)ccc21. The van der Waals surface area contributed by atoms with Gasteiger partial charge in [0.1, 0.15) is 0 Å². The Kier molecular flexibility index (Phi) is 6.04. The van der Waals surface area contributed by atoms with E-state index in [1.165, 1.54) is 10.4 Å². The van der Waals surface area contributed by atoms with Crippen molar-refractivity contribution in [2.75, 3.05) is 21.9 Å². The van der Waals surface area contributed by atoms with Crippen molar-refractivity contribution in [3.63, 3.8) is 0 Å². The van der Waals surface area contributed by atoms with Gasteiger partial charge in [-0.25, -0.2) is 8.42 Å². The van der Waals surface area contributed by atoms with Crippen molar-refractivity contribution in [3.8, 4) is 0 Å². The van der Waals surface area contributed by atoms with E-state index in [0.717, 1.165) is 5.56 Å². The highest BCUT2D eigenvalue weighted by molar-refractivity contribution is 7.92. The number of benzene rings is 3. The van der Waals surface area contributed by atoms with Gasteiger partial charge in [-0.15, -0.1) is 0 Å². The van der Waals surface area contributed by atoms with Crippen LogP contribution in [0, 0.1) is 0 Å². The number of hydrogen-bond donors (Lipinski definition) is 1. The molecule has 0 saturated heterocycles. The van der Waals surface area contributed by atoms with Crippen LogP contribution in [-0.4, -0.2) is 32.4 Å². The van der Waals surface area contributed by atoms with Gasteiger partial charge in [0.2, 0.25) is 10.0 Å². The molecule has 8 heteroatoms. The zero-order valence-electron chi connectivity index (χ0n) is 17.3. The number of rotatable bonds is 6. The summed E-state index contributed by atoms with van der Waals surface area (Å²) in [6, 6.07) is 18.4. The fourth-order valence-corrected chi connectivity index (χ4v) is 5.04. The number of sulfonamides is 1. The Labute approximate surface area is 191 Å². The van der Waals surface area contributed by atoms with Gasteiger partial charge >= 0.3 is 0 Å². The van der Waals surface area contributed by atoms with Crippen molar-refractivity contribution in [2.45, 2.75) is 13.3 Å². The molecule has 1 N–H and O–H groups in total. The number of carbonyl (C=O) groups is 2. The first-order valence-corrected chi connectivity index (χ1v) is 12.1. The number of hydrogen-bond acceptors (Lipinski definition) is 4. The molecule has 0 bridgehead atoms. The molecule has 0 spiro atoms. The molecule has 1 heterocycles. The van der Waals surface area contributed by atoms with Crippen LogP contribution in [0.2, 0.25) is 5.02 Å². The minimum atomic E-state index is -3.36. The van der Waals surface area contributed by atoms with Gasteiger partial charge in [-0.3, -0.25) is 13.9 Å². The molecule has 1 aliphatic rings. The smallest absolute Gasteiger partial charge is 0.255 e. The Hall–Kier alpha value is -3.16. The summed E-state index contributed by atoms with van der Waals surface area (Å²) < 4.78 is 25.9. The number of amides is 1. The summed E-state index contributed by atoms with van der Waals surface area (Å²) in [4.78, 5) is 25.9. The van der Waals surface area contributed by atoms with Crippen LogP contribution in [0.4, 0.5) is 11.4 Å². The predicted molar refractivity (Wildman–Crippen MR) is 126 cm³/mol. The van der Waals surface area contributed by atoms with Gasteiger partial charge in [-0.1, -0.05) is 41.9 Å². The van der Waals surface area contributed by atoms with E-state index in [0.29, 0.717) is 46.1 Å². The molecule has 1 amide bonds. The lowest BCUT2D eigenvalue weighted by Gasteiger charge is -2.18. The summed E-state index contributed by atoms with van der Waals surface area (Å²) in [6.45, 7) is 1.97. The quantitative estimate of drug-likeness (QED) is 0.538. The normalized spacial score (nSPS) is 13.0. The van der Waals surface area contributed by atoms with Crippen LogP contribution in [0.25, 0.3) is 0 Å². The van der Waals surface area contributed by atoms with Crippen LogP contribution >= 0.6 is 11.6 Å². The van der Waals surface area contributed by atoms with Gasteiger partial charge < -0.3 is 5.32 Å². The minimum Gasteiger partial charge on any atom is -0.321 e. The molecule has 32 heavy (non-hydrogen) atoms. The largest absolute Gasteiger partial charge is 0.321 e. The second kappa shape index (κ2) is 8.76. The standard InChI is InChI=1S/C24H21ClN2O4S/c1-2-32(30,31)27-13-12-17-14-18(8-11-22(17)27)24(29)26-21-10-9-19(25)15-20(21)23(28)16-6-4-3-5-7-16/h3-11,14-15H,2,12-13H2,1H3,(H,26,29). The van der Waals surface area contributed by atoms with Gasteiger partial charge in [0.05, 0.1) is 17.1 Å². The number of fused-ring (bicyclic) bond motifs is 1. The Morgan fingerprint density at radius 2 is 1.75 bits per heavy atom. The third-order valence-electron chi connectivity index (χ3n) is 5.41. The van der Waals surface area contributed by atoms with Crippen molar-refractivity contribution in [2.24, 2.45) is 0 Å². The van der Waals surface area contributed by atoms with E-state index in [-0.39, 0.29) is 11.5 Å². The Balaban J connectivity index is 1.61. The number of carbonyl (C=O) groups excluding carboxylic acids is 2. The number of halogens is 1. The number of nitrogens with one attached hydrogen (secondary N) is 1. The zero-order valence-corrected chi connectivity index (χ0v) is 18.9. The molecule has 164 valence electrons. The summed E-state index contributed by atoms with van der Waals surface area (Å²) in [5, 5.41) is 3.18. The van der Waals surface area contributed by atoms with Gasteiger partial charge in [0.25, 0.3) is 5.91 Å². The summed E-state index contributed by atoms with van der Waals surface area (Å²) >= 11 is 6.11. The Morgan fingerprint density at radius 3 is 2.47 bits per heavy atom. The molecule has 0 fully saturated rings. The van der Waals surface area contributed by atoms with Crippen LogP contribution in [0.15, 0.2) is 66.7 Å². The van der Waals surface area contributed by atoms with E-state index in [1.54, 1.807) is 61.5 Å². The topological polar surface area (TPSA) is 83.6 Å². The average Bonchev–Trinajstić information content (AvgIpc) is 3.24. The van der Waals surface area contributed by atoms with Crippen molar-refractivity contribution >= 4 is 44.7 Å². The van der Waals surface area contributed by atoms with Crippen molar-refractivity contribution < 1.29 is 18.0 Å². The molecule has 0 atom stereocenters. The van der Waals surface area contributed by atoms with Gasteiger partial charge in [-0.2, -0.15) is 0 Å². The monoisotopic (exact) mass is 468 g/mol. The van der Waals surface area contributed by atoms with Crippen LogP contribution in [0.5, 0.6) is 0 Å². The van der Waals surface area contributed by atoms with E-state index in [2.05, 4.69) is 5.32 Å². The third-order valence-corrected chi connectivity index (χ3v) is 7.42. The van der Waals surface area contributed by atoms with Crippen molar-refractivity contribution in [1.82, 2.24) is 0 Å². The van der Waals surface area contributed by atoms with E-state index < -0.39 is 15.9 Å². The van der Waals surface area contributed by atoms with Crippen LogP contribution < -0.4 is 9.62 Å². The molecular formula is C24H21ClN2O4S. The number of anilines is 2. The Morgan fingerprint density at radius 1 is 1.00 bits per heavy atom. The lowest BCUT2D eigenvalue weighted by atomic mass is 10.0. The first kappa shape index (κ1) is 22.0. The lowest BCUT2D eigenvalue weighted by Crippen LogP contribution is -2.30. The average molecular weight is 469 g/mol. The fraction of sp³-hybridized carbons (Fsp3) is 0.167. The first-order chi connectivity index (χ1) is 15.3. The molecule has 0 radical (unpaired) electrons. The Bertz CT molecular complexity index is 1310. The van der Waals surface area contributed by atoms with Crippen molar-refractivity contribution in [1.29, 1.82) is 0 Å². The van der Waals surface area contributed by atoms with Gasteiger partial charge in [0, 0.05) is 28.3 Å². The maximum atomic E-state index is 13.0. The lowest BCUT2D eigenvalue weighted by molar-refractivity contribution is 0.102. The van der Waals surface area contributed by atoms with E-state index >= 15 is 0 Å². The second-order valence-electron chi connectivity index (χ2n) is 7.41. The summed E-state index contributed by atoms with van der Waals surface area (Å²) in [5.74, 6) is -0.629. The molecule has 1 aliphatic heterocycles. The van der Waals surface area contributed by atoms with E-state index in [1.807, 2.05) is 6.07 Å². The van der Waals surface area contributed by atoms with E-state index in [4.69, 9.17) is 11.6 Å². The maximum Gasteiger partial charge on any atom is 0.255 e. The molecular weight excluding hydrogens is 448 g/mol. The second-order valence-corrected chi connectivity index (χ2v) is 10.0.